The van der Waals surface area contributed by atoms with Gasteiger partial charge in [-0.1, -0.05) is 0 Å². The molecule has 0 spiro atoms. The number of hydrogen-bond donors (Lipinski definition) is 0. The predicted octanol–water partition coefficient (Wildman–Crippen LogP) is 0.450. The molecule has 1 rings (SSSR count). The van der Waals surface area contributed by atoms with Gasteiger partial charge in [0.05, 0.1) is 12.7 Å². The smallest absolute Gasteiger partial charge is 0.114 e. The molecule has 0 aliphatic carbocycles. The van der Waals surface area contributed by atoms with Crippen LogP contribution >= 0.6 is 0 Å². The van der Waals surface area contributed by atoms with Crippen molar-refractivity contribution in [3.05, 3.63) is 0 Å². The van der Waals surface area contributed by atoms with Gasteiger partial charge < -0.3 is 18.9 Å². The van der Waals surface area contributed by atoms with E-state index in [9.17, 15) is 0 Å². The maximum atomic E-state index is 5.63. The van der Waals surface area contributed by atoms with E-state index in [0.717, 1.165) is 0 Å². The first-order valence-corrected chi connectivity index (χ1v) is 4.44. The minimum Gasteiger partial charge on any atom is -0.382 e. The third kappa shape index (κ3) is 2.20. The zero-order valence-corrected chi connectivity index (χ0v) is 8.65. The summed E-state index contributed by atoms with van der Waals surface area (Å²) in [5.41, 5.74) is 0. The molecule has 0 bridgehead atoms. The van der Waals surface area contributed by atoms with Gasteiger partial charge in [0.2, 0.25) is 0 Å². The summed E-state index contributed by atoms with van der Waals surface area (Å²) in [4.78, 5) is 0. The lowest BCUT2D eigenvalue weighted by Gasteiger charge is -2.20. The highest BCUT2D eigenvalue weighted by Gasteiger charge is 2.42. The Morgan fingerprint density at radius 1 is 1.08 bits per heavy atom. The van der Waals surface area contributed by atoms with Gasteiger partial charge in [-0.15, -0.1) is 0 Å². The zero-order valence-electron chi connectivity index (χ0n) is 8.65. The predicted molar refractivity (Wildman–Crippen MR) is 47.8 cm³/mol. The normalized spacial score (nSPS) is 39.7. The van der Waals surface area contributed by atoms with Crippen molar-refractivity contribution >= 4 is 0 Å². The lowest BCUT2D eigenvalue weighted by atomic mass is 10.1. The lowest BCUT2D eigenvalue weighted by Crippen LogP contribution is -2.37. The molecule has 13 heavy (non-hydrogen) atoms. The van der Waals surface area contributed by atoms with E-state index in [-0.39, 0.29) is 24.4 Å². The summed E-state index contributed by atoms with van der Waals surface area (Å²) in [6.07, 6.45) is 0.0233. The maximum Gasteiger partial charge on any atom is 0.114 e. The van der Waals surface area contributed by atoms with Crippen LogP contribution in [0.25, 0.3) is 0 Å². The van der Waals surface area contributed by atoms with Crippen LogP contribution in [0.5, 0.6) is 0 Å². The minimum absolute atomic E-state index is 0.00477. The fraction of sp³-hybridized carbons (Fsp3) is 1.00. The molecule has 1 heterocycles. The molecule has 1 fully saturated rings. The highest BCUT2D eigenvalue weighted by molar-refractivity contribution is 4.90. The fourth-order valence-electron chi connectivity index (χ4n) is 1.82. The summed E-state index contributed by atoms with van der Waals surface area (Å²) in [7, 11) is 4.99. The first kappa shape index (κ1) is 10.9. The van der Waals surface area contributed by atoms with Crippen LogP contribution in [0.1, 0.15) is 6.92 Å². The molecule has 0 aromatic rings. The Kier molecular flexibility index (Phi) is 4.12. The second-order valence-corrected chi connectivity index (χ2v) is 3.24. The van der Waals surface area contributed by atoms with E-state index in [0.29, 0.717) is 6.61 Å². The first-order chi connectivity index (χ1) is 6.24. The van der Waals surface area contributed by atoms with Gasteiger partial charge in [0, 0.05) is 21.3 Å². The molecule has 1 aliphatic heterocycles. The molecule has 0 aromatic heterocycles. The van der Waals surface area contributed by atoms with E-state index < -0.39 is 0 Å². The second kappa shape index (κ2) is 4.91. The van der Waals surface area contributed by atoms with Gasteiger partial charge in [-0.05, 0) is 6.92 Å². The Labute approximate surface area is 79.1 Å². The summed E-state index contributed by atoms with van der Waals surface area (Å²) in [5.74, 6) is 0. The molecule has 0 amide bonds. The largest absolute Gasteiger partial charge is 0.382 e. The summed E-state index contributed by atoms with van der Waals surface area (Å²) in [6.45, 7) is 2.53. The van der Waals surface area contributed by atoms with Crippen molar-refractivity contribution < 1.29 is 18.9 Å². The van der Waals surface area contributed by atoms with Crippen LogP contribution in [0.2, 0.25) is 0 Å². The molecule has 4 nitrogen and oxygen atoms in total. The van der Waals surface area contributed by atoms with E-state index in [1.807, 2.05) is 6.92 Å². The zero-order chi connectivity index (χ0) is 9.84. The number of methoxy groups -OCH3 is 3. The van der Waals surface area contributed by atoms with Crippen molar-refractivity contribution in [2.24, 2.45) is 0 Å². The van der Waals surface area contributed by atoms with Crippen LogP contribution in [0.4, 0.5) is 0 Å². The summed E-state index contributed by atoms with van der Waals surface area (Å²) in [6, 6.07) is 0. The molecule has 0 N–H and O–H groups in total. The molecule has 78 valence electrons. The van der Waals surface area contributed by atoms with E-state index >= 15 is 0 Å². The lowest BCUT2D eigenvalue weighted by molar-refractivity contribution is -0.0471. The van der Waals surface area contributed by atoms with Gasteiger partial charge in [-0.25, -0.2) is 0 Å². The van der Waals surface area contributed by atoms with Crippen molar-refractivity contribution in [1.82, 2.24) is 0 Å². The molecular weight excluding hydrogens is 172 g/mol. The van der Waals surface area contributed by atoms with Crippen LogP contribution < -0.4 is 0 Å². The number of hydrogen-bond acceptors (Lipinski definition) is 4. The monoisotopic (exact) mass is 190 g/mol. The van der Waals surface area contributed by atoms with Crippen LogP contribution in [0.3, 0.4) is 0 Å². The Bertz CT molecular complexity index is 151. The summed E-state index contributed by atoms with van der Waals surface area (Å²) in [5, 5.41) is 0. The molecular formula is C9H18O4. The number of ether oxygens (including phenoxy) is 4. The molecule has 0 aromatic carbocycles. The molecule has 1 saturated heterocycles. The standard InChI is InChI=1S/C9H18O4/c1-6-8(11-3)9(12-4)7(13-6)5-10-2/h6-9H,5H2,1-4H3/t6-,7-,8-,9?/m1/s1. The molecule has 0 radical (unpaired) electrons. The summed E-state index contributed by atoms with van der Waals surface area (Å²) < 4.78 is 21.3. The molecule has 4 heteroatoms. The minimum atomic E-state index is -0.0278. The van der Waals surface area contributed by atoms with Crippen LogP contribution in [-0.4, -0.2) is 52.4 Å². The Balaban J connectivity index is 2.57. The third-order valence-corrected chi connectivity index (χ3v) is 2.42. The van der Waals surface area contributed by atoms with Crippen molar-refractivity contribution in [1.29, 1.82) is 0 Å². The van der Waals surface area contributed by atoms with Crippen molar-refractivity contribution in [3.63, 3.8) is 0 Å². The Hall–Kier alpha value is -0.160. The van der Waals surface area contributed by atoms with Gasteiger partial charge in [0.15, 0.2) is 0 Å². The average molecular weight is 190 g/mol. The quantitative estimate of drug-likeness (QED) is 0.645. The third-order valence-electron chi connectivity index (χ3n) is 2.42. The topological polar surface area (TPSA) is 36.9 Å². The fourth-order valence-corrected chi connectivity index (χ4v) is 1.82. The highest BCUT2D eigenvalue weighted by atomic mass is 16.6. The summed E-state index contributed by atoms with van der Waals surface area (Å²) >= 11 is 0. The van der Waals surface area contributed by atoms with Gasteiger partial charge in [-0.3, -0.25) is 0 Å². The van der Waals surface area contributed by atoms with Crippen molar-refractivity contribution in [3.8, 4) is 0 Å². The average Bonchev–Trinajstić information content (AvgIpc) is 2.41. The Morgan fingerprint density at radius 3 is 2.15 bits per heavy atom. The van der Waals surface area contributed by atoms with E-state index in [4.69, 9.17) is 18.9 Å². The van der Waals surface area contributed by atoms with Crippen LogP contribution in [0, 0.1) is 0 Å². The molecule has 1 aliphatic rings. The highest BCUT2D eigenvalue weighted by Crippen LogP contribution is 2.25. The van der Waals surface area contributed by atoms with E-state index in [1.165, 1.54) is 0 Å². The molecule has 0 saturated carbocycles. The first-order valence-electron chi connectivity index (χ1n) is 4.44. The van der Waals surface area contributed by atoms with Crippen molar-refractivity contribution in [2.75, 3.05) is 27.9 Å². The Morgan fingerprint density at radius 2 is 1.69 bits per heavy atom. The molecule has 1 unspecified atom stereocenters. The van der Waals surface area contributed by atoms with Crippen molar-refractivity contribution in [2.45, 2.75) is 31.3 Å². The maximum absolute atomic E-state index is 5.63. The van der Waals surface area contributed by atoms with Gasteiger partial charge >= 0.3 is 0 Å². The number of rotatable bonds is 4. The SMILES string of the molecule is COC[C@H]1O[C@H](C)[C@@H](OC)C1OC. The van der Waals surface area contributed by atoms with Gasteiger partial charge in [-0.2, -0.15) is 0 Å². The van der Waals surface area contributed by atoms with Gasteiger partial charge in [0.1, 0.15) is 18.3 Å². The van der Waals surface area contributed by atoms with E-state index in [1.54, 1.807) is 21.3 Å². The molecule has 4 atom stereocenters. The van der Waals surface area contributed by atoms with E-state index in [2.05, 4.69) is 0 Å². The van der Waals surface area contributed by atoms with Crippen LogP contribution in [0.15, 0.2) is 0 Å². The van der Waals surface area contributed by atoms with Gasteiger partial charge in [0.25, 0.3) is 0 Å². The second-order valence-electron chi connectivity index (χ2n) is 3.24. The van der Waals surface area contributed by atoms with Crippen LogP contribution in [-0.2, 0) is 18.9 Å².